The van der Waals surface area contributed by atoms with E-state index in [1.54, 1.807) is 12.1 Å². The summed E-state index contributed by atoms with van der Waals surface area (Å²) in [5, 5.41) is 6.08. The van der Waals surface area contributed by atoms with Crippen LogP contribution in [0.4, 0.5) is 14.5 Å². The lowest BCUT2D eigenvalue weighted by atomic mass is 10.1. The molecule has 0 bridgehead atoms. The van der Waals surface area contributed by atoms with Crippen molar-refractivity contribution in [3.63, 3.8) is 0 Å². The number of amides is 1. The number of carbonyl (C=O) groups excluding carboxylic acids is 1. The van der Waals surface area contributed by atoms with Gasteiger partial charge < -0.3 is 20.4 Å². The van der Waals surface area contributed by atoms with Crippen molar-refractivity contribution in [1.29, 1.82) is 0 Å². The highest BCUT2D eigenvalue weighted by Gasteiger charge is 2.22. The lowest BCUT2D eigenvalue weighted by Gasteiger charge is -2.37. The number of aliphatic imine (C=N–C) groups is 1. The number of anilines is 1. The molecule has 1 aliphatic rings. The molecule has 1 aliphatic heterocycles. The first-order valence-electron chi connectivity index (χ1n) is 10.6. The predicted octanol–water partition coefficient (Wildman–Crippen LogP) is 3.62. The molecule has 32 heavy (non-hydrogen) atoms. The molecule has 6 nitrogen and oxygen atoms in total. The zero-order valence-corrected chi connectivity index (χ0v) is 20.7. The van der Waals surface area contributed by atoms with E-state index in [2.05, 4.69) is 15.5 Å². The van der Waals surface area contributed by atoms with Crippen LogP contribution in [0.15, 0.2) is 47.5 Å². The van der Waals surface area contributed by atoms with Crippen molar-refractivity contribution in [3.8, 4) is 0 Å². The fourth-order valence-electron chi connectivity index (χ4n) is 3.50. The van der Waals surface area contributed by atoms with Gasteiger partial charge in [-0.05, 0) is 43.7 Å². The molecule has 174 valence electrons. The van der Waals surface area contributed by atoms with Crippen LogP contribution in [0.3, 0.4) is 0 Å². The molecule has 1 saturated heterocycles. The Morgan fingerprint density at radius 1 is 0.969 bits per heavy atom. The number of nitrogens with one attached hydrogen (secondary N) is 2. The van der Waals surface area contributed by atoms with Crippen LogP contribution in [0.1, 0.15) is 29.8 Å². The summed E-state index contributed by atoms with van der Waals surface area (Å²) in [6.07, 6.45) is 0. The summed E-state index contributed by atoms with van der Waals surface area (Å²) in [5.74, 6) is -0.147. The van der Waals surface area contributed by atoms with Gasteiger partial charge in [0.05, 0.1) is 12.2 Å². The second-order valence-corrected chi connectivity index (χ2v) is 7.30. The van der Waals surface area contributed by atoms with Gasteiger partial charge in [-0.3, -0.25) is 4.79 Å². The molecule has 0 atom stereocenters. The Hall–Kier alpha value is -2.43. The van der Waals surface area contributed by atoms with Crippen LogP contribution in [-0.4, -0.2) is 56.0 Å². The molecule has 1 heterocycles. The van der Waals surface area contributed by atoms with E-state index in [4.69, 9.17) is 4.99 Å². The summed E-state index contributed by atoms with van der Waals surface area (Å²) in [6, 6.07) is 11.0. The second kappa shape index (κ2) is 12.6. The summed E-state index contributed by atoms with van der Waals surface area (Å²) in [5.41, 5.74) is 1.93. The quantitative estimate of drug-likeness (QED) is 0.324. The van der Waals surface area contributed by atoms with Gasteiger partial charge in [-0.1, -0.05) is 12.1 Å². The molecule has 2 aromatic rings. The molecule has 0 radical (unpaired) electrons. The number of piperazine rings is 1. The van der Waals surface area contributed by atoms with E-state index in [0.717, 1.165) is 24.1 Å². The Balaban J connectivity index is 0.00000363. The van der Waals surface area contributed by atoms with Gasteiger partial charge in [0.25, 0.3) is 5.91 Å². The first kappa shape index (κ1) is 25.8. The monoisotopic (exact) mass is 557 g/mol. The number of rotatable bonds is 6. The van der Waals surface area contributed by atoms with E-state index < -0.39 is 11.6 Å². The van der Waals surface area contributed by atoms with Crippen LogP contribution >= 0.6 is 24.0 Å². The lowest BCUT2D eigenvalue weighted by Crippen LogP contribution is -2.52. The zero-order valence-electron chi connectivity index (χ0n) is 18.4. The van der Waals surface area contributed by atoms with Gasteiger partial charge in [-0.25, -0.2) is 13.8 Å². The predicted molar refractivity (Wildman–Crippen MR) is 135 cm³/mol. The van der Waals surface area contributed by atoms with Crippen LogP contribution in [0.5, 0.6) is 0 Å². The molecule has 0 aliphatic carbocycles. The Bertz CT molecular complexity index is 915. The fourth-order valence-corrected chi connectivity index (χ4v) is 3.50. The van der Waals surface area contributed by atoms with Crippen molar-refractivity contribution < 1.29 is 13.6 Å². The molecule has 1 fully saturated rings. The molecule has 0 unspecified atom stereocenters. The van der Waals surface area contributed by atoms with Crippen molar-refractivity contribution in [1.82, 2.24) is 15.5 Å². The van der Waals surface area contributed by atoms with Crippen LogP contribution < -0.4 is 15.5 Å². The lowest BCUT2D eigenvalue weighted by molar-refractivity contribution is 0.0956. The molecule has 3 rings (SSSR count). The SMILES string of the molecule is CCNC(=O)c1ccc(CN=C(NCC)N2CCN(c3cc(F)ccc3F)CC2)cc1.I. The molecule has 2 N–H and O–H groups in total. The maximum atomic E-state index is 14.1. The molecular weight excluding hydrogens is 527 g/mol. The van der Waals surface area contributed by atoms with Crippen LogP contribution in [0.25, 0.3) is 0 Å². The van der Waals surface area contributed by atoms with Gasteiger partial charge in [-0.2, -0.15) is 0 Å². The summed E-state index contributed by atoms with van der Waals surface area (Å²) < 4.78 is 27.6. The van der Waals surface area contributed by atoms with Crippen molar-refractivity contribution in [3.05, 3.63) is 65.2 Å². The maximum absolute atomic E-state index is 14.1. The summed E-state index contributed by atoms with van der Waals surface area (Å²) >= 11 is 0. The van der Waals surface area contributed by atoms with E-state index >= 15 is 0 Å². The van der Waals surface area contributed by atoms with Crippen molar-refractivity contribution in [2.24, 2.45) is 4.99 Å². The first-order chi connectivity index (χ1) is 15.0. The number of benzene rings is 2. The Morgan fingerprint density at radius 2 is 1.62 bits per heavy atom. The summed E-state index contributed by atoms with van der Waals surface area (Å²) in [6.45, 7) is 8.15. The number of hydrogen-bond donors (Lipinski definition) is 2. The van der Waals surface area contributed by atoms with E-state index in [1.807, 2.05) is 30.9 Å². The number of guanidine groups is 1. The molecule has 1 amide bonds. The van der Waals surface area contributed by atoms with E-state index in [-0.39, 0.29) is 29.9 Å². The number of carbonyl (C=O) groups is 1. The van der Waals surface area contributed by atoms with Gasteiger partial charge >= 0.3 is 0 Å². The minimum Gasteiger partial charge on any atom is -0.366 e. The van der Waals surface area contributed by atoms with Crippen molar-refractivity contribution in [2.45, 2.75) is 20.4 Å². The van der Waals surface area contributed by atoms with Gasteiger partial charge in [-0.15, -0.1) is 24.0 Å². The number of hydrogen-bond acceptors (Lipinski definition) is 3. The van der Waals surface area contributed by atoms with Gasteiger partial charge in [0, 0.05) is 50.9 Å². The third-order valence-electron chi connectivity index (χ3n) is 5.13. The fraction of sp³-hybridized carbons (Fsp3) is 0.391. The third kappa shape index (κ3) is 6.78. The molecule has 0 spiro atoms. The standard InChI is InChI=1S/C23H29F2N5O.HI/c1-3-26-22(31)18-7-5-17(6-8-18)16-28-23(27-4-2)30-13-11-29(12-14-30)21-15-19(24)9-10-20(21)25;/h5-10,15H,3-4,11-14,16H2,1-2H3,(H,26,31)(H,27,28);1H. The number of nitrogens with zero attached hydrogens (tertiary/aromatic N) is 3. The smallest absolute Gasteiger partial charge is 0.251 e. The number of halogens is 3. The van der Waals surface area contributed by atoms with Gasteiger partial charge in [0.1, 0.15) is 11.6 Å². The molecule has 9 heteroatoms. The van der Waals surface area contributed by atoms with Crippen LogP contribution in [0.2, 0.25) is 0 Å². The third-order valence-corrected chi connectivity index (χ3v) is 5.13. The maximum Gasteiger partial charge on any atom is 0.251 e. The molecular formula is C23H30F2IN5O. The van der Waals surface area contributed by atoms with Crippen LogP contribution in [0, 0.1) is 11.6 Å². The van der Waals surface area contributed by atoms with Crippen molar-refractivity contribution >= 4 is 41.5 Å². The molecule has 0 aromatic heterocycles. The first-order valence-corrected chi connectivity index (χ1v) is 10.6. The second-order valence-electron chi connectivity index (χ2n) is 7.30. The summed E-state index contributed by atoms with van der Waals surface area (Å²) in [4.78, 5) is 20.6. The minimum atomic E-state index is -0.438. The average Bonchev–Trinajstić information content (AvgIpc) is 2.79. The normalized spacial score (nSPS) is 14.1. The van der Waals surface area contributed by atoms with E-state index in [9.17, 15) is 13.6 Å². The van der Waals surface area contributed by atoms with Gasteiger partial charge in [0.15, 0.2) is 5.96 Å². The summed E-state index contributed by atoms with van der Waals surface area (Å²) in [7, 11) is 0. The molecule has 2 aromatic carbocycles. The van der Waals surface area contributed by atoms with E-state index in [0.29, 0.717) is 50.5 Å². The Morgan fingerprint density at radius 3 is 2.25 bits per heavy atom. The molecule has 0 saturated carbocycles. The van der Waals surface area contributed by atoms with Gasteiger partial charge in [0.2, 0.25) is 0 Å². The van der Waals surface area contributed by atoms with Crippen molar-refractivity contribution in [2.75, 3.05) is 44.2 Å². The highest BCUT2D eigenvalue weighted by Crippen LogP contribution is 2.22. The van der Waals surface area contributed by atoms with Crippen LogP contribution in [-0.2, 0) is 6.54 Å². The van der Waals surface area contributed by atoms with E-state index in [1.165, 1.54) is 12.1 Å². The zero-order chi connectivity index (χ0) is 22.2. The average molecular weight is 557 g/mol. The highest BCUT2D eigenvalue weighted by atomic mass is 127. The topological polar surface area (TPSA) is 60.0 Å². The Kier molecular flexibility index (Phi) is 10.1. The Labute approximate surface area is 205 Å². The minimum absolute atomic E-state index is 0. The highest BCUT2D eigenvalue weighted by molar-refractivity contribution is 14.0. The largest absolute Gasteiger partial charge is 0.366 e.